The lowest BCUT2D eigenvalue weighted by atomic mass is 10.2. The van der Waals surface area contributed by atoms with E-state index in [1.165, 1.54) is 17.7 Å². The minimum atomic E-state index is -0.193. The van der Waals surface area contributed by atoms with E-state index in [1.54, 1.807) is 17.8 Å². The molecule has 0 radical (unpaired) electrons. The molecule has 0 amide bonds. The van der Waals surface area contributed by atoms with Gasteiger partial charge in [0.25, 0.3) is 0 Å². The van der Waals surface area contributed by atoms with Crippen LogP contribution in [-0.2, 0) is 9.53 Å². The second-order valence-corrected chi connectivity index (χ2v) is 3.89. The number of hydrogen-bond donors (Lipinski definition) is 0. The molecule has 1 saturated heterocycles. The molecule has 1 heterocycles. The zero-order valence-electron chi connectivity index (χ0n) is 7.34. The molecule has 12 heavy (non-hydrogen) atoms. The highest BCUT2D eigenvalue weighted by Gasteiger charge is 2.07. The van der Waals surface area contributed by atoms with Crippen molar-refractivity contribution in [2.24, 2.45) is 0 Å². The SMILES string of the molecule is CCOC(=O)/C=C1/CCCCS1. The Morgan fingerprint density at radius 1 is 1.67 bits per heavy atom. The second kappa shape index (κ2) is 5.25. The fourth-order valence-electron chi connectivity index (χ4n) is 1.11. The molecule has 1 rings (SSSR count). The van der Waals surface area contributed by atoms with E-state index in [-0.39, 0.29) is 5.97 Å². The van der Waals surface area contributed by atoms with Crippen LogP contribution in [0, 0.1) is 0 Å². The summed E-state index contributed by atoms with van der Waals surface area (Å²) in [6.07, 6.45) is 5.15. The van der Waals surface area contributed by atoms with Crippen molar-refractivity contribution in [3.8, 4) is 0 Å². The summed E-state index contributed by atoms with van der Waals surface area (Å²) in [4.78, 5) is 12.2. The summed E-state index contributed by atoms with van der Waals surface area (Å²) < 4.78 is 4.82. The molecule has 2 nitrogen and oxygen atoms in total. The van der Waals surface area contributed by atoms with Crippen LogP contribution in [0.25, 0.3) is 0 Å². The molecule has 0 N–H and O–H groups in total. The number of rotatable bonds is 2. The van der Waals surface area contributed by atoms with Gasteiger partial charge >= 0.3 is 5.97 Å². The first kappa shape index (κ1) is 9.65. The molecule has 1 aliphatic rings. The predicted octanol–water partition coefficient (Wildman–Crippen LogP) is 2.35. The van der Waals surface area contributed by atoms with Gasteiger partial charge in [0.1, 0.15) is 0 Å². The number of carbonyl (C=O) groups excluding carboxylic acids is 1. The number of allylic oxidation sites excluding steroid dienone is 1. The van der Waals surface area contributed by atoms with E-state index >= 15 is 0 Å². The topological polar surface area (TPSA) is 26.3 Å². The van der Waals surface area contributed by atoms with E-state index in [2.05, 4.69) is 0 Å². The molecule has 0 atom stereocenters. The summed E-state index contributed by atoms with van der Waals surface area (Å²) in [6.45, 7) is 2.29. The van der Waals surface area contributed by atoms with Gasteiger partial charge in [-0.25, -0.2) is 4.79 Å². The molecule has 0 unspecified atom stereocenters. The van der Waals surface area contributed by atoms with E-state index in [4.69, 9.17) is 4.74 Å². The zero-order valence-corrected chi connectivity index (χ0v) is 8.15. The van der Waals surface area contributed by atoms with Gasteiger partial charge in [-0.3, -0.25) is 0 Å². The molecule has 0 aromatic rings. The summed E-state index contributed by atoms with van der Waals surface area (Å²) in [5.41, 5.74) is 0. The average Bonchev–Trinajstić information content (AvgIpc) is 2.06. The summed E-state index contributed by atoms with van der Waals surface area (Å²) in [7, 11) is 0. The fourth-order valence-corrected chi connectivity index (χ4v) is 2.18. The van der Waals surface area contributed by atoms with E-state index in [1.807, 2.05) is 6.92 Å². The molecule has 3 heteroatoms. The lowest BCUT2D eigenvalue weighted by Crippen LogP contribution is -2.02. The Hall–Kier alpha value is -0.440. The van der Waals surface area contributed by atoms with Crippen LogP contribution >= 0.6 is 11.8 Å². The highest BCUT2D eigenvalue weighted by Crippen LogP contribution is 2.28. The number of hydrogen-bond acceptors (Lipinski definition) is 3. The third kappa shape index (κ3) is 3.30. The van der Waals surface area contributed by atoms with E-state index < -0.39 is 0 Å². The highest BCUT2D eigenvalue weighted by molar-refractivity contribution is 8.03. The van der Waals surface area contributed by atoms with Gasteiger partial charge in [0, 0.05) is 6.08 Å². The van der Waals surface area contributed by atoms with Crippen LogP contribution in [0.3, 0.4) is 0 Å². The monoisotopic (exact) mass is 186 g/mol. The van der Waals surface area contributed by atoms with Crippen molar-refractivity contribution < 1.29 is 9.53 Å². The first-order valence-electron chi connectivity index (χ1n) is 4.33. The molecule has 0 aromatic heterocycles. The average molecular weight is 186 g/mol. The van der Waals surface area contributed by atoms with Crippen LogP contribution in [0.2, 0.25) is 0 Å². The Labute approximate surface area is 77.4 Å². The van der Waals surface area contributed by atoms with Crippen molar-refractivity contribution in [2.75, 3.05) is 12.4 Å². The van der Waals surface area contributed by atoms with Gasteiger partial charge in [-0.05, 0) is 36.8 Å². The van der Waals surface area contributed by atoms with E-state index in [0.29, 0.717) is 6.61 Å². The summed E-state index contributed by atoms with van der Waals surface area (Å²) in [6, 6.07) is 0. The molecule has 68 valence electrons. The number of carbonyl (C=O) groups is 1. The van der Waals surface area contributed by atoms with Gasteiger partial charge in [0.2, 0.25) is 0 Å². The third-order valence-corrected chi connectivity index (χ3v) is 2.86. The Morgan fingerprint density at radius 2 is 2.50 bits per heavy atom. The Bertz CT molecular complexity index is 179. The largest absolute Gasteiger partial charge is 0.463 e. The van der Waals surface area contributed by atoms with E-state index in [0.717, 1.165) is 12.2 Å². The minimum Gasteiger partial charge on any atom is -0.463 e. The summed E-state index contributed by atoms with van der Waals surface area (Å²) in [5.74, 6) is 0.951. The molecule has 0 saturated carbocycles. The molecule has 0 aromatic carbocycles. The Kier molecular flexibility index (Phi) is 4.22. The van der Waals surface area contributed by atoms with Crippen LogP contribution in [0.15, 0.2) is 11.0 Å². The van der Waals surface area contributed by atoms with Crippen molar-refractivity contribution in [3.63, 3.8) is 0 Å². The van der Waals surface area contributed by atoms with Gasteiger partial charge in [-0.2, -0.15) is 0 Å². The Morgan fingerprint density at radius 3 is 3.08 bits per heavy atom. The first-order valence-corrected chi connectivity index (χ1v) is 5.31. The fraction of sp³-hybridized carbons (Fsp3) is 0.667. The van der Waals surface area contributed by atoms with Crippen LogP contribution in [0.4, 0.5) is 0 Å². The molecular weight excluding hydrogens is 172 g/mol. The smallest absolute Gasteiger partial charge is 0.331 e. The lowest BCUT2D eigenvalue weighted by Gasteiger charge is -2.12. The number of ether oxygens (including phenoxy) is 1. The summed E-state index contributed by atoms with van der Waals surface area (Å²) >= 11 is 1.78. The maximum absolute atomic E-state index is 11.0. The molecule has 1 fully saturated rings. The van der Waals surface area contributed by atoms with Crippen LogP contribution in [-0.4, -0.2) is 18.3 Å². The standard InChI is InChI=1S/C9H14O2S/c1-2-11-9(10)7-8-5-3-4-6-12-8/h7H,2-6H2,1H3/b8-7-. The van der Waals surface area contributed by atoms with Crippen molar-refractivity contribution in [2.45, 2.75) is 26.2 Å². The van der Waals surface area contributed by atoms with Crippen molar-refractivity contribution >= 4 is 17.7 Å². The van der Waals surface area contributed by atoms with Gasteiger partial charge in [-0.1, -0.05) is 0 Å². The van der Waals surface area contributed by atoms with Crippen LogP contribution in [0.1, 0.15) is 26.2 Å². The van der Waals surface area contributed by atoms with Crippen LogP contribution in [0.5, 0.6) is 0 Å². The van der Waals surface area contributed by atoms with E-state index in [9.17, 15) is 4.79 Å². The highest BCUT2D eigenvalue weighted by atomic mass is 32.2. The number of thioether (sulfide) groups is 1. The molecular formula is C9H14O2S. The number of esters is 1. The lowest BCUT2D eigenvalue weighted by molar-refractivity contribution is -0.137. The van der Waals surface area contributed by atoms with Gasteiger partial charge in [0.05, 0.1) is 6.61 Å². The van der Waals surface area contributed by atoms with Crippen molar-refractivity contribution in [1.82, 2.24) is 0 Å². The van der Waals surface area contributed by atoms with Crippen molar-refractivity contribution in [1.29, 1.82) is 0 Å². The first-order chi connectivity index (χ1) is 5.83. The Balaban J connectivity index is 2.37. The zero-order chi connectivity index (χ0) is 8.81. The predicted molar refractivity (Wildman–Crippen MR) is 51.0 cm³/mol. The minimum absolute atomic E-state index is 0.193. The van der Waals surface area contributed by atoms with Gasteiger partial charge in [-0.15, -0.1) is 11.8 Å². The molecule has 0 aliphatic carbocycles. The maximum atomic E-state index is 11.0. The normalized spacial score (nSPS) is 20.9. The second-order valence-electron chi connectivity index (χ2n) is 2.67. The van der Waals surface area contributed by atoms with Gasteiger partial charge in [0.15, 0.2) is 0 Å². The molecule has 1 aliphatic heterocycles. The van der Waals surface area contributed by atoms with Crippen LogP contribution < -0.4 is 0 Å². The quantitative estimate of drug-likeness (QED) is 0.489. The molecule has 0 bridgehead atoms. The summed E-state index contributed by atoms with van der Waals surface area (Å²) in [5, 5.41) is 0. The van der Waals surface area contributed by atoms with Gasteiger partial charge < -0.3 is 4.74 Å². The third-order valence-electron chi connectivity index (χ3n) is 1.67. The maximum Gasteiger partial charge on any atom is 0.331 e. The van der Waals surface area contributed by atoms with Crippen molar-refractivity contribution in [3.05, 3.63) is 11.0 Å². The molecule has 0 spiro atoms.